The third-order valence-corrected chi connectivity index (χ3v) is 10.7. The highest BCUT2D eigenvalue weighted by molar-refractivity contribution is 7.26. The molecule has 3 heteroatoms. The van der Waals surface area contributed by atoms with Gasteiger partial charge in [-0.3, -0.25) is 0 Å². The third-order valence-electron chi connectivity index (χ3n) is 8.46. The van der Waals surface area contributed by atoms with E-state index in [1.165, 1.54) is 73.6 Å². The van der Waals surface area contributed by atoms with Crippen molar-refractivity contribution in [2.75, 3.05) is 4.90 Å². The number of rotatable bonds is 4. The molecule has 0 amide bonds. The minimum atomic E-state index is 1.16. The maximum Gasteiger partial charge on any atom is 0.0540 e. The van der Waals surface area contributed by atoms with Crippen LogP contribution in [0.1, 0.15) is 0 Å². The smallest absolute Gasteiger partial charge is 0.0540 e. The second-order valence-electron chi connectivity index (χ2n) is 10.9. The molecule has 9 aromatic rings. The molecule has 0 aliphatic heterocycles. The van der Waals surface area contributed by atoms with Crippen LogP contribution in [0, 0.1) is 0 Å². The molecule has 0 spiro atoms. The van der Waals surface area contributed by atoms with Crippen LogP contribution in [0.15, 0.2) is 152 Å². The van der Waals surface area contributed by atoms with Crippen LogP contribution in [-0.4, -0.2) is 0 Å². The number of hydrogen-bond donors (Lipinski definition) is 0. The van der Waals surface area contributed by atoms with Gasteiger partial charge in [0.15, 0.2) is 0 Å². The highest BCUT2D eigenvalue weighted by atomic mass is 32.1. The zero-order chi connectivity index (χ0) is 28.3. The van der Waals surface area contributed by atoms with Gasteiger partial charge < -0.3 is 4.90 Å². The number of anilines is 3. The Morgan fingerprint density at radius 2 is 0.930 bits per heavy atom. The molecule has 0 radical (unpaired) electrons. The molecule has 0 N–H and O–H groups in total. The molecule has 202 valence electrons. The predicted molar refractivity (Wildman–Crippen MR) is 190 cm³/mol. The van der Waals surface area contributed by atoms with Gasteiger partial charge in [0.2, 0.25) is 0 Å². The summed E-state index contributed by atoms with van der Waals surface area (Å²) in [6.45, 7) is 0. The van der Waals surface area contributed by atoms with E-state index in [9.17, 15) is 0 Å². The van der Waals surface area contributed by atoms with E-state index in [4.69, 9.17) is 0 Å². The summed E-state index contributed by atoms with van der Waals surface area (Å²) in [5.41, 5.74) is 5.94. The van der Waals surface area contributed by atoms with Gasteiger partial charge in [0.1, 0.15) is 0 Å². The molecular weight excluding hydrogens is 559 g/mol. The summed E-state index contributed by atoms with van der Waals surface area (Å²) in [5.74, 6) is 0. The molecule has 2 aromatic heterocycles. The van der Waals surface area contributed by atoms with Crippen LogP contribution in [0.4, 0.5) is 17.1 Å². The van der Waals surface area contributed by atoms with E-state index in [2.05, 4.69) is 157 Å². The SMILES string of the molecule is c1ccc(N(c2ccc3c(c2)sc2ccccc23)c2cccc3ccccc23)c(-c2ccc3c(c2)sc2ccccc23)c1. The maximum absolute atomic E-state index is 2.45. The molecule has 0 aliphatic rings. The lowest BCUT2D eigenvalue weighted by molar-refractivity contribution is 1.30. The molecular formula is C40H25NS2. The van der Waals surface area contributed by atoms with Crippen molar-refractivity contribution < 1.29 is 0 Å². The van der Waals surface area contributed by atoms with Crippen molar-refractivity contribution in [2.45, 2.75) is 0 Å². The van der Waals surface area contributed by atoms with E-state index in [1.54, 1.807) is 0 Å². The molecule has 0 saturated carbocycles. The monoisotopic (exact) mass is 583 g/mol. The molecule has 0 saturated heterocycles. The highest BCUT2D eigenvalue weighted by Crippen LogP contribution is 2.46. The standard InChI is InChI=1S/C40H25NS2/c1-2-12-29-26(10-1)11-9-17-36(29)41(28-21-23-34-32-15-5-8-19-38(32)43-40(34)25-28)35-16-6-3-13-30(35)27-20-22-33-31-14-4-7-18-37(31)42-39(33)24-27/h1-25H. The highest BCUT2D eigenvalue weighted by Gasteiger charge is 2.20. The van der Waals surface area contributed by atoms with E-state index in [-0.39, 0.29) is 0 Å². The van der Waals surface area contributed by atoms with Crippen LogP contribution in [0.25, 0.3) is 62.2 Å². The number of para-hydroxylation sites is 1. The van der Waals surface area contributed by atoms with Gasteiger partial charge in [-0.15, -0.1) is 22.7 Å². The van der Waals surface area contributed by atoms with Crippen LogP contribution < -0.4 is 4.90 Å². The van der Waals surface area contributed by atoms with Crippen LogP contribution in [0.3, 0.4) is 0 Å². The number of hydrogen-bond acceptors (Lipinski definition) is 3. The fourth-order valence-corrected chi connectivity index (χ4v) is 8.76. The molecule has 9 rings (SSSR count). The first kappa shape index (κ1) is 24.6. The molecule has 0 unspecified atom stereocenters. The Bertz CT molecular complexity index is 2480. The largest absolute Gasteiger partial charge is 0.309 e. The van der Waals surface area contributed by atoms with Gasteiger partial charge in [-0.25, -0.2) is 0 Å². The lowest BCUT2D eigenvalue weighted by Gasteiger charge is -2.29. The quantitative estimate of drug-likeness (QED) is 0.199. The minimum Gasteiger partial charge on any atom is -0.309 e. The molecule has 0 atom stereocenters. The van der Waals surface area contributed by atoms with E-state index >= 15 is 0 Å². The van der Waals surface area contributed by atoms with Crippen molar-refractivity contribution in [3.8, 4) is 11.1 Å². The van der Waals surface area contributed by atoms with E-state index in [1.807, 2.05) is 22.7 Å². The maximum atomic E-state index is 2.45. The third kappa shape index (κ3) is 3.97. The van der Waals surface area contributed by atoms with Gasteiger partial charge in [-0.2, -0.15) is 0 Å². The average molecular weight is 584 g/mol. The summed E-state index contributed by atoms with van der Waals surface area (Å²) in [5, 5.41) is 7.75. The van der Waals surface area contributed by atoms with E-state index in [0.717, 1.165) is 5.69 Å². The summed E-state index contributed by atoms with van der Waals surface area (Å²) in [6.07, 6.45) is 0. The zero-order valence-electron chi connectivity index (χ0n) is 23.2. The second kappa shape index (κ2) is 9.81. The number of nitrogens with zero attached hydrogens (tertiary/aromatic N) is 1. The van der Waals surface area contributed by atoms with Crippen molar-refractivity contribution in [3.63, 3.8) is 0 Å². The van der Waals surface area contributed by atoms with Crippen molar-refractivity contribution >= 4 is 90.9 Å². The lowest BCUT2D eigenvalue weighted by atomic mass is 9.99. The van der Waals surface area contributed by atoms with Crippen LogP contribution in [0.2, 0.25) is 0 Å². The molecule has 7 aromatic carbocycles. The van der Waals surface area contributed by atoms with Crippen LogP contribution in [0.5, 0.6) is 0 Å². The van der Waals surface area contributed by atoms with Crippen molar-refractivity contribution in [2.24, 2.45) is 0 Å². The Morgan fingerprint density at radius 3 is 1.72 bits per heavy atom. The van der Waals surface area contributed by atoms with Crippen molar-refractivity contribution in [1.29, 1.82) is 0 Å². The molecule has 2 heterocycles. The Labute approximate surface area is 257 Å². The van der Waals surface area contributed by atoms with Gasteiger partial charge in [0.25, 0.3) is 0 Å². The summed E-state index contributed by atoms with van der Waals surface area (Å²) in [6, 6.07) is 55.5. The first-order chi connectivity index (χ1) is 21.3. The number of benzene rings is 7. The lowest BCUT2D eigenvalue weighted by Crippen LogP contribution is -2.11. The second-order valence-corrected chi connectivity index (χ2v) is 13.1. The molecule has 0 fully saturated rings. The summed E-state index contributed by atoms with van der Waals surface area (Å²) in [7, 11) is 0. The molecule has 1 nitrogen and oxygen atoms in total. The summed E-state index contributed by atoms with van der Waals surface area (Å²) in [4.78, 5) is 2.45. The minimum absolute atomic E-state index is 1.16. The average Bonchev–Trinajstić information content (AvgIpc) is 3.63. The molecule has 0 bridgehead atoms. The normalized spacial score (nSPS) is 11.7. The fraction of sp³-hybridized carbons (Fsp3) is 0. The van der Waals surface area contributed by atoms with Gasteiger partial charge in [0.05, 0.1) is 11.4 Å². The van der Waals surface area contributed by atoms with E-state index < -0.39 is 0 Å². The Hall–Kier alpha value is -4.96. The van der Waals surface area contributed by atoms with Crippen molar-refractivity contribution in [1.82, 2.24) is 0 Å². The number of fused-ring (bicyclic) bond motifs is 7. The van der Waals surface area contributed by atoms with Crippen molar-refractivity contribution in [3.05, 3.63) is 152 Å². The van der Waals surface area contributed by atoms with Crippen LogP contribution >= 0.6 is 22.7 Å². The first-order valence-corrected chi connectivity index (χ1v) is 16.1. The predicted octanol–water partition coefficient (Wildman–Crippen LogP) is 12.7. The summed E-state index contributed by atoms with van der Waals surface area (Å²) < 4.78 is 5.27. The van der Waals surface area contributed by atoms with E-state index in [0.29, 0.717) is 0 Å². The Morgan fingerprint density at radius 1 is 0.372 bits per heavy atom. The summed E-state index contributed by atoms with van der Waals surface area (Å²) >= 11 is 3.74. The van der Waals surface area contributed by atoms with Gasteiger partial charge >= 0.3 is 0 Å². The zero-order valence-corrected chi connectivity index (χ0v) is 24.8. The topological polar surface area (TPSA) is 3.24 Å². The Balaban J connectivity index is 1.30. The Kier molecular flexibility index (Phi) is 5.62. The van der Waals surface area contributed by atoms with Gasteiger partial charge in [0, 0.05) is 57.0 Å². The fourth-order valence-electron chi connectivity index (χ4n) is 6.47. The molecule has 43 heavy (non-hydrogen) atoms. The first-order valence-electron chi connectivity index (χ1n) is 14.5. The van der Waals surface area contributed by atoms with Crippen LogP contribution in [-0.2, 0) is 0 Å². The van der Waals surface area contributed by atoms with Gasteiger partial charge in [-0.05, 0) is 53.4 Å². The number of thiophene rings is 2. The molecule has 0 aliphatic carbocycles. The van der Waals surface area contributed by atoms with Gasteiger partial charge in [-0.1, -0.05) is 109 Å².